The van der Waals surface area contributed by atoms with Crippen LogP contribution in [-0.4, -0.2) is 29.3 Å². The summed E-state index contributed by atoms with van der Waals surface area (Å²) in [7, 11) is 0. The summed E-state index contributed by atoms with van der Waals surface area (Å²) in [5.41, 5.74) is 0. The molecule has 1 aromatic heterocycles. The first-order valence-corrected chi connectivity index (χ1v) is 7.83. The molecule has 0 radical (unpaired) electrons. The molecule has 0 aromatic carbocycles. The molecule has 2 amide bonds. The second kappa shape index (κ2) is 6.33. The zero-order valence-corrected chi connectivity index (χ0v) is 12.2. The maximum absolute atomic E-state index is 12.2. The van der Waals surface area contributed by atoms with Crippen LogP contribution in [0.25, 0.3) is 0 Å². The van der Waals surface area contributed by atoms with Crippen LogP contribution in [0.3, 0.4) is 0 Å². The van der Waals surface area contributed by atoms with Crippen LogP contribution < -0.4 is 5.32 Å². The summed E-state index contributed by atoms with van der Waals surface area (Å²) in [5, 5.41) is 2.86. The largest absolute Gasteiger partial charge is 0.467 e. The highest BCUT2D eigenvalue weighted by Crippen LogP contribution is 2.28. The number of likely N-dealkylation sites (tertiary alicyclic amines) is 1. The van der Waals surface area contributed by atoms with Crippen LogP contribution in [0.2, 0.25) is 0 Å². The topological polar surface area (TPSA) is 62.6 Å². The minimum atomic E-state index is -0.214. The Balaban J connectivity index is 1.52. The number of carbonyl (C=O) groups is 2. The quantitative estimate of drug-likeness (QED) is 0.923. The van der Waals surface area contributed by atoms with Crippen LogP contribution in [0.5, 0.6) is 0 Å². The fourth-order valence-electron chi connectivity index (χ4n) is 3.38. The van der Waals surface area contributed by atoms with E-state index < -0.39 is 0 Å². The van der Waals surface area contributed by atoms with Crippen molar-refractivity contribution in [2.75, 3.05) is 6.54 Å². The Bertz CT molecular complexity index is 492. The number of amides is 2. The summed E-state index contributed by atoms with van der Waals surface area (Å²) < 4.78 is 5.19. The van der Waals surface area contributed by atoms with E-state index in [4.69, 9.17) is 4.42 Å². The van der Waals surface area contributed by atoms with Gasteiger partial charge >= 0.3 is 0 Å². The molecule has 5 heteroatoms. The van der Waals surface area contributed by atoms with Crippen LogP contribution in [0.4, 0.5) is 0 Å². The number of nitrogens with zero attached hydrogens (tertiary/aromatic N) is 1. The Labute approximate surface area is 124 Å². The molecule has 3 rings (SSSR count). The molecule has 2 fully saturated rings. The number of carbonyl (C=O) groups excluding carboxylic acids is 2. The number of hydrogen-bond acceptors (Lipinski definition) is 3. The average molecular weight is 290 g/mol. The molecule has 1 aliphatic carbocycles. The molecule has 0 unspecified atom stereocenters. The summed E-state index contributed by atoms with van der Waals surface area (Å²) in [6.07, 6.45) is 7.78. The Morgan fingerprint density at radius 1 is 1.33 bits per heavy atom. The summed E-state index contributed by atoms with van der Waals surface area (Å²) in [4.78, 5) is 26.3. The van der Waals surface area contributed by atoms with Crippen molar-refractivity contribution in [1.82, 2.24) is 10.2 Å². The van der Waals surface area contributed by atoms with E-state index in [1.54, 1.807) is 12.3 Å². The van der Waals surface area contributed by atoms with Gasteiger partial charge in [0.2, 0.25) is 11.8 Å². The van der Waals surface area contributed by atoms with E-state index in [1.165, 1.54) is 19.3 Å². The minimum Gasteiger partial charge on any atom is -0.467 e. The molecular formula is C16H22N2O3. The van der Waals surface area contributed by atoms with Gasteiger partial charge in [-0.2, -0.15) is 0 Å². The Morgan fingerprint density at radius 2 is 2.14 bits per heavy atom. The third-order valence-electron chi connectivity index (χ3n) is 4.56. The molecule has 2 aliphatic rings. The second-order valence-electron chi connectivity index (χ2n) is 6.04. The van der Waals surface area contributed by atoms with Crippen molar-refractivity contribution < 1.29 is 14.0 Å². The maximum atomic E-state index is 12.2. The Hall–Kier alpha value is -1.78. The third kappa shape index (κ3) is 3.28. The predicted octanol–water partition coefficient (Wildman–Crippen LogP) is 2.08. The van der Waals surface area contributed by atoms with Crippen molar-refractivity contribution in [3.05, 3.63) is 24.2 Å². The van der Waals surface area contributed by atoms with Gasteiger partial charge in [-0.25, -0.2) is 0 Å². The van der Waals surface area contributed by atoms with Crippen molar-refractivity contribution in [1.29, 1.82) is 0 Å². The van der Waals surface area contributed by atoms with Crippen LogP contribution in [0.1, 0.15) is 44.3 Å². The lowest BCUT2D eigenvalue weighted by Crippen LogP contribution is -2.39. The van der Waals surface area contributed by atoms with Crippen molar-refractivity contribution in [2.45, 2.75) is 51.1 Å². The zero-order chi connectivity index (χ0) is 14.7. The lowest BCUT2D eigenvalue weighted by atomic mass is 9.94. The van der Waals surface area contributed by atoms with Gasteiger partial charge in [-0.05, 0) is 25.0 Å². The molecule has 0 bridgehead atoms. The number of furan rings is 1. The SMILES string of the molecule is O=C(NCc1ccco1)[C@@H]1CC(=O)N(C2CCCCC2)C1. The molecule has 1 saturated carbocycles. The molecular weight excluding hydrogens is 268 g/mol. The number of rotatable bonds is 4. The highest BCUT2D eigenvalue weighted by molar-refractivity contribution is 5.89. The van der Waals surface area contributed by atoms with Gasteiger partial charge in [-0.3, -0.25) is 9.59 Å². The van der Waals surface area contributed by atoms with E-state index in [-0.39, 0.29) is 17.7 Å². The van der Waals surface area contributed by atoms with Crippen molar-refractivity contribution >= 4 is 11.8 Å². The van der Waals surface area contributed by atoms with Gasteiger partial charge in [0.15, 0.2) is 0 Å². The minimum absolute atomic E-state index is 0.0435. The Morgan fingerprint density at radius 3 is 2.86 bits per heavy atom. The van der Waals surface area contributed by atoms with Crippen LogP contribution in [0, 0.1) is 5.92 Å². The standard InChI is InChI=1S/C16H22N2O3/c19-15-9-12(11-18(15)13-5-2-1-3-6-13)16(20)17-10-14-7-4-8-21-14/h4,7-8,12-13H,1-3,5-6,9-11H2,(H,17,20)/t12-/m1/s1. The lowest BCUT2D eigenvalue weighted by Gasteiger charge is -2.31. The van der Waals surface area contributed by atoms with Gasteiger partial charge in [0.1, 0.15) is 5.76 Å². The van der Waals surface area contributed by atoms with E-state index in [1.807, 2.05) is 11.0 Å². The molecule has 1 aliphatic heterocycles. The lowest BCUT2D eigenvalue weighted by molar-refractivity contribution is -0.130. The highest BCUT2D eigenvalue weighted by Gasteiger charge is 2.37. The van der Waals surface area contributed by atoms with Gasteiger partial charge in [0.05, 0.1) is 18.7 Å². The fraction of sp³-hybridized carbons (Fsp3) is 0.625. The summed E-state index contributed by atoms with van der Waals surface area (Å²) in [5.74, 6) is 0.615. The summed E-state index contributed by atoms with van der Waals surface area (Å²) >= 11 is 0. The van der Waals surface area contributed by atoms with Crippen molar-refractivity contribution in [3.8, 4) is 0 Å². The summed E-state index contributed by atoms with van der Waals surface area (Å²) in [6, 6.07) is 3.98. The van der Waals surface area contributed by atoms with E-state index in [0.717, 1.165) is 18.6 Å². The first kappa shape index (κ1) is 14.2. The first-order chi connectivity index (χ1) is 10.2. The molecule has 5 nitrogen and oxygen atoms in total. The fourth-order valence-corrected chi connectivity index (χ4v) is 3.38. The van der Waals surface area contributed by atoms with Crippen molar-refractivity contribution in [2.24, 2.45) is 5.92 Å². The molecule has 114 valence electrons. The van der Waals surface area contributed by atoms with E-state index in [9.17, 15) is 9.59 Å². The molecule has 21 heavy (non-hydrogen) atoms. The molecule has 1 saturated heterocycles. The smallest absolute Gasteiger partial charge is 0.225 e. The van der Waals surface area contributed by atoms with E-state index in [0.29, 0.717) is 25.6 Å². The highest BCUT2D eigenvalue weighted by atomic mass is 16.3. The number of hydrogen-bond donors (Lipinski definition) is 1. The van der Waals surface area contributed by atoms with Crippen LogP contribution in [-0.2, 0) is 16.1 Å². The molecule has 1 atom stereocenters. The first-order valence-electron chi connectivity index (χ1n) is 7.83. The van der Waals surface area contributed by atoms with Crippen LogP contribution >= 0.6 is 0 Å². The predicted molar refractivity (Wildman–Crippen MR) is 77.2 cm³/mol. The van der Waals surface area contributed by atoms with Gasteiger partial charge in [0.25, 0.3) is 0 Å². The number of nitrogens with one attached hydrogen (secondary N) is 1. The summed E-state index contributed by atoms with van der Waals surface area (Å²) in [6.45, 7) is 0.966. The maximum Gasteiger partial charge on any atom is 0.225 e. The van der Waals surface area contributed by atoms with Gasteiger partial charge in [0, 0.05) is 19.0 Å². The zero-order valence-electron chi connectivity index (χ0n) is 12.2. The molecule has 1 aromatic rings. The normalized spacial score (nSPS) is 23.5. The second-order valence-corrected chi connectivity index (χ2v) is 6.04. The van der Waals surface area contributed by atoms with Gasteiger partial charge < -0.3 is 14.6 Å². The van der Waals surface area contributed by atoms with E-state index in [2.05, 4.69) is 5.32 Å². The monoisotopic (exact) mass is 290 g/mol. The van der Waals surface area contributed by atoms with Crippen molar-refractivity contribution in [3.63, 3.8) is 0 Å². The van der Waals surface area contributed by atoms with Gasteiger partial charge in [-0.1, -0.05) is 19.3 Å². The Kier molecular flexibility index (Phi) is 4.27. The molecule has 1 N–H and O–H groups in total. The average Bonchev–Trinajstić information content (AvgIpc) is 3.15. The third-order valence-corrected chi connectivity index (χ3v) is 4.56. The van der Waals surface area contributed by atoms with Gasteiger partial charge in [-0.15, -0.1) is 0 Å². The van der Waals surface area contributed by atoms with Crippen LogP contribution in [0.15, 0.2) is 22.8 Å². The van der Waals surface area contributed by atoms with E-state index >= 15 is 0 Å². The molecule has 0 spiro atoms. The molecule has 2 heterocycles.